The summed E-state index contributed by atoms with van der Waals surface area (Å²) in [4.78, 5) is 30.6. The molecule has 0 radical (unpaired) electrons. The van der Waals surface area contributed by atoms with Crippen LogP contribution in [0.4, 0.5) is 0 Å². The standard InChI is InChI=1S/C17H23N3O2S2/c21-15-10-18-5-7-20(15)12-2-1-6-19(11-12)17(22)16-13-3-8-23-14(13)4-9-24-16/h3,8,12,16,18H,1-2,4-7,9-11H2. The van der Waals surface area contributed by atoms with Crippen LogP contribution in [0.5, 0.6) is 0 Å². The third kappa shape index (κ3) is 3.09. The van der Waals surface area contributed by atoms with Crippen LogP contribution in [-0.4, -0.2) is 66.1 Å². The molecular formula is C17H23N3O2S2. The van der Waals surface area contributed by atoms with E-state index in [1.807, 2.05) is 9.80 Å². The number of thioether (sulfide) groups is 1. The third-order valence-corrected chi connectivity index (χ3v) is 7.40. The van der Waals surface area contributed by atoms with Gasteiger partial charge >= 0.3 is 0 Å². The number of hydrogen-bond acceptors (Lipinski definition) is 5. The molecule has 1 N–H and O–H groups in total. The maximum atomic E-state index is 13.1. The van der Waals surface area contributed by atoms with Crippen molar-refractivity contribution in [3.05, 3.63) is 21.9 Å². The summed E-state index contributed by atoms with van der Waals surface area (Å²) in [5.41, 5.74) is 1.22. The highest BCUT2D eigenvalue weighted by Crippen LogP contribution is 2.40. The first kappa shape index (κ1) is 16.4. The fraction of sp³-hybridized carbons (Fsp3) is 0.647. The van der Waals surface area contributed by atoms with E-state index in [0.29, 0.717) is 13.1 Å². The van der Waals surface area contributed by atoms with Crippen molar-refractivity contribution in [1.82, 2.24) is 15.1 Å². The molecule has 3 aliphatic rings. The Morgan fingerprint density at radius 3 is 3.12 bits per heavy atom. The second-order valence-electron chi connectivity index (χ2n) is 6.64. The fourth-order valence-electron chi connectivity index (χ4n) is 3.93. The number of thiophene rings is 1. The van der Waals surface area contributed by atoms with Gasteiger partial charge in [-0.1, -0.05) is 0 Å². The van der Waals surface area contributed by atoms with Crippen molar-refractivity contribution in [2.45, 2.75) is 30.6 Å². The fourth-order valence-corrected chi connectivity index (χ4v) is 6.31. The third-order valence-electron chi connectivity index (χ3n) is 5.18. The zero-order valence-corrected chi connectivity index (χ0v) is 15.3. The Labute approximate surface area is 150 Å². The van der Waals surface area contributed by atoms with Crippen LogP contribution < -0.4 is 5.32 Å². The number of nitrogens with one attached hydrogen (secondary N) is 1. The predicted octanol–water partition coefficient (Wildman–Crippen LogP) is 1.50. The first-order valence-corrected chi connectivity index (χ1v) is 10.6. The highest BCUT2D eigenvalue weighted by atomic mass is 32.2. The van der Waals surface area contributed by atoms with Crippen molar-refractivity contribution in [1.29, 1.82) is 0 Å². The van der Waals surface area contributed by atoms with Crippen LogP contribution in [-0.2, 0) is 16.0 Å². The number of fused-ring (bicyclic) bond motifs is 1. The van der Waals surface area contributed by atoms with E-state index in [4.69, 9.17) is 0 Å². The van der Waals surface area contributed by atoms with Crippen molar-refractivity contribution in [2.75, 3.05) is 38.5 Å². The normalized spacial score (nSPS) is 27.9. The summed E-state index contributed by atoms with van der Waals surface area (Å²) in [5.74, 6) is 1.44. The van der Waals surface area contributed by atoms with Crippen molar-refractivity contribution < 1.29 is 9.59 Å². The SMILES string of the molecule is O=C(C1SCCc2sccc21)N1CCCC(N2CCNCC2=O)C1. The molecule has 0 saturated carbocycles. The maximum Gasteiger partial charge on any atom is 0.240 e. The minimum atomic E-state index is -0.0440. The Balaban J connectivity index is 1.46. The molecule has 2 saturated heterocycles. The van der Waals surface area contributed by atoms with Crippen molar-refractivity contribution >= 4 is 34.9 Å². The number of piperidine rings is 1. The van der Waals surface area contributed by atoms with Gasteiger partial charge < -0.3 is 15.1 Å². The molecule has 0 aromatic carbocycles. The van der Waals surface area contributed by atoms with Gasteiger partial charge in [-0.3, -0.25) is 9.59 Å². The van der Waals surface area contributed by atoms with E-state index < -0.39 is 0 Å². The van der Waals surface area contributed by atoms with Gasteiger partial charge in [0.05, 0.1) is 6.54 Å². The molecule has 130 valence electrons. The number of amides is 2. The Kier molecular flexibility index (Phi) is 4.83. The second kappa shape index (κ2) is 7.06. The average molecular weight is 366 g/mol. The van der Waals surface area contributed by atoms with E-state index >= 15 is 0 Å². The minimum absolute atomic E-state index is 0.0440. The zero-order chi connectivity index (χ0) is 16.5. The van der Waals surface area contributed by atoms with Crippen molar-refractivity contribution in [2.24, 2.45) is 0 Å². The molecule has 1 aromatic rings. The van der Waals surface area contributed by atoms with Gasteiger partial charge in [0.2, 0.25) is 11.8 Å². The molecule has 0 bridgehead atoms. The molecule has 2 unspecified atom stereocenters. The predicted molar refractivity (Wildman–Crippen MR) is 97.4 cm³/mol. The summed E-state index contributed by atoms with van der Waals surface area (Å²) in [7, 11) is 0. The van der Waals surface area contributed by atoms with Crippen LogP contribution in [0.25, 0.3) is 0 Å². The quantitative estimate of drug-likeness (QED) is 0.863. The Bertz CT molecular complexity index is 633. The monoisotopic (exact) mass is 365 g/mol. The van der Waals surface area contributed by atoms with E-state index in [9.17, 15) is 9.59 Å². The summed E-state index contributed by atoms with van der Waals surface area (Å²) < 4.78 is 0. The van der Waals surface area contributed by atoms with Crippen LogP contribution in [0.3, 0.4) is 0 Å². The highest BCUT2D eigenvalue weighted by Gasteiger charge is 2.36. The molecule has 3 aliphatic heterocycles. The lowest BCUT2D eigenvalue weighted by Gasteiger charge is -2.42. The number of likely N-dealkylation sites (tertiary alicyclic amines) is 1. The van der Waals surface area contributed by atoms with Gasteiger partial charge in [-0.25, -0.2) is 0 Å². The van der Waals surface area contributed by atoms with E-state index in [-0.39, 0.29) is 23.1 Å². The maximum absolute atomic E-state index is 13.1. The summed E-state index contributed by atoms with van der Waals surface area (Å²) in [5, 5.41) is 5.19. The molecule has 2 atom stereocenters. The topological polar surface area (TPSA) is 52.7 Å². The van der Waals surface area contributed by atoms with Crippen LogP contribution in [0.2, 0.25) is 0 Å². The van der Waals surface area contributed by atoms with Crippen LogP contribution in [0.1, 0.15) is 28.5 Å². The van der Waals surface area contributed by atoms with E-state index in [2.05, 4.69) is 16.8 Å². The second-order valence-corrected chi connectivity index (χ2v) is 8.86. The number of piperazine rings is 1. The number of hydrogen-bond donors (Lipinski definition) is 1. The summed E-state index contributed by atoms with van der Waals surface area (Å²) in [6.07, 6.45) is 3.08. The molecule has 2 fully saturated rings. The molecule has 24 heavy (non-hydrogen) atoms. The molecule has 0 aliphatic carbocycles. The molecule has 4 rings (SSSR count). The van der Waals surface area contributed by atoms with E-state index in [1.54, 1.807) is 23.1 Å². The highest BCUT2D eigenvalue weighted by molar-refractivity contribution is 8.00. The van der Waals surface area contributed by atoms with E-state index in [1.165, 1.54) is 10.4 Å². The summed E-state index contributed by atoms with van der Waals surface area (Å²) in [6, 6.07) is 2.31. The molecule has 4 heterocycles. The number of rotatable bonds is 2. The van der Waals surface area contributed by atoms with Gasteiger partial charge in [0.15, 0.2) is 0 Å². The number of carbonyl (C=O) groups is 2. The number of aryl methyl sites for hydroxylation is 1. The average Bonchev–Trinajstić information content (AvgIpc) is 3.10. The Morgan fingerprint density at radius 2 is 2.25 bits per heavy atom. The lowest BCUT2D eigenvalue weighted by Crippen LogP contribution is -2.57. The lowest BCUT2D eigenvalue weighted by molar-refractivity contribution is -0.140. The van der Waals surface area contributed by atoms with Gasteiger partial charge in [-0.05, 0) is 42.0 Å². The smallest absolute Gasteiger partial charge is 0.240 e. The number of carbonyl (C=O) groups excluding carboxylic acids is 2. The van der Waals surface area contributed by atoms with E-state index in [0.717, 1.165) is 44.6 Å². The molecule has 5 nitrogen and oxygen atoms in total. The Morgan fingerprint density at radius 1 is 1.33 bits per heavy atom. The number of nitrogens with zero attached hydrogens (tertiary/aromatic N) is 2. The van der Waals surface area contributed by atoms with Gasteiger partial charge in [0, 0.05) is 37.1 Å². The molecule has 7 heteroatoms. The van der Waals surface area contributed by atoms with Gasteiger partial charge in [0.1, 0.15) is 5.25 Å². The van der Waals surface area contributed by atoms with Gasteiger partial charge in [-0.2, -0.15) is 0 Å². The first-order valence-electron chi connectivity index (χ1n) is 8.71. The van der Waals surface area contributed by atoms with Gasteiger partial charge in [-0.15, -0.1) is 23.1 Å². The lowest BCUT2D eigenvalue weighted by atomic mass is 10.0. The molecule has 0 spiro atoms. The van der Waals surface area contributed by atoms with Crippen LogP contribution in [0, 0.1) is 0 Å². The van der Waals surface area contributed by atoms with Crippen molar-refractivity contribution in [3.63, 3.8) is 0 Å². The minimum Gasteiger partial charge on any atom is -0.339 e. The summed E-state index contributed by atoms with van der Waals surface area (Å²) in [6.45, 7) is 3.57. The summed E-state index contributed by atoms with van der Waals surface area (Å²) >= 11 is 3.55. The van der Waals surface area contributed by atoms with Crippen molar-refractivity contribution in [3.8, 4) is 0 Å². The zero-order valence-electron chi connectivity index (χ0n) is 13.7. The Hall–Kier alpha value is -1.05. The molecule has 1 aromatic heterocycles. The van der Waals surface area contributed by atoms with Crippen LogP contribution in [0.15, 0.2) is 11.4 Å². The first-order chi connectivity index (χ1) is 11.7. The molecule has 2 amide bonds. The largest absolute Gasteiger partial charge is 0.339 e. The molecular weight excluding hydrogens is 342 g/mol. The van der Waals surface area contributed by atoms with Gasteiger partial charge in [0.25, 0.3) is 0 Å². The van der Waals surface area contributed by atoms with Crippen LogP contribution >= 0.6 is 23.1 Å².